The van der Waals surface area contributed by atoms with Gasteiger partial charge in [-0.25, -0.2) is 4.68 Å². The largest absolute Gasteiger partial charge is 0.483 e. The van der Waals surface area contributed by atoms with Crippen LogP contribution in [0.2, 0.25) is 5.02 Å². The summed E-state index contributed by atoms with van der Waals surface area (Å²) >= 11 is 6.02. The van der Waals surface area contributed by atoms with Crippen molar-refractivity contribution in [2.24, 2.45) is 5.73 Å². The Labute approximate surface area is 161 Å². The zero-order valence-electron chi connectivity index (χ0n) is 14.4. The van der Waals surface area contributed by atoms with Gasteiger partial charge in [0.25, 0.3) is 5.91 Å². The van der Waals surface area contributed by atoms with Crippen LogP contribution in [0, 0.1) is 0 Å². The van der Waals surface area contributed by atoms with Crippen molar-refractivity contribution in [3.63, 3.8) is 0 Å². The van der Waals surface area contributed by atoms with Crippen molar-refractivity contribution in [3.05, 3.63) is 71.0 Å². The summed E-state index contributed by atoms with van der Waals surface area (Å²) in [7, 11) is 0. The highest BCUT2D eigenvalue weighted by Gasteiger charge is 2.31. The number of aromatic nitrogens is 3. The monoisotopic (exact) mass is 383 g/mol. The van der Waals surface area contributed by atoms with E-state index in [2.05, 4.69) is 15.4 Å². The van der Waals surface area contributed by atoms with Crippen molar-refractivity contribution in [1.29, 1.82) is 0 Å². The maximum Gasteiger partial charge on any atom is 0.255 e. The molecule has 0 aliphatic carbocycles. The Morgan fingerprint density at radius 2 is 2.04 bits per heavy atom. The van der Waals surface area contributed by atoms with E-state index in [9.17, 15) is 4.79 Å². The smallest absolute Gasteiger partial charge is 0.255 e. The third-order valence-corrected chi connectivity index (χ3v) is 4.80. The van der Waals surface area contributed by atoms with Crippen LogP contribution in [0.4, 0.5) is 5.95 Å². The average molecular weight is 384 g/mol. The molecule has 2 unspecified atom stereocenters. The molecule has 0 fully saturated rings. The molecule has 138 valence electrons. The number of hydrogen-bond donors (Lipinski definition) is 2. The molecule has 0 bridgehead atoms. The van der Waals surface area contributed by atoms with Gasteiger partial charge in [0.2, 0.25) is 5.95 Å². The van der Waals surface area contributed by atoms with Gasteiger partial charge < -0.3 is 15.8 Å². The Kier molecular flexibility index (Phi) is 4.68. The Balaban J connectivity index is 1.70. The number of rotatable bonds is 5. The van der Waals surface area contributed by atoms with E-state index in [1.54, 1.807) is 0 Å². The summed E-state index contributed by atoms with van der Waals surface area (Å²) in [4.78, 5) is 15.5. The van der Waals surface area contributed by atoms with Crippen molar-refractivity contribution >= 4 is 23.5 Å². The number of hydrogen-bond acceptors (Lipinski definition) is 5. The van der Waals surface area contributed by atoms with E-state index in [0.29, 0.717) is 16.7 Å². The maximum absolute atomic E-state index is 11.1. The number of fused-ring (bicyclic) bond motifs is 1. The van der Waals surface area contributed by atoms with Gasteiger partial charge in [-0.05, 0) is 30.2 Å². The number of nitrogens with two attached hydrogens (primary N) is 1. The van der Waals surface area contributed by atoms with Crippen molar-refractivity contribution in [3.8, 4) is 5.75 Å². The van der Waals surface area contributed by atoms with E-state index in [0.717, 1.165) is 17.5 Å². The number of halogens is 1. The number of ether oxygens (including phenoxy) is 1. The quantitative estimate of drug-likeness (QED) is 0.706. The molecule has 3 aromatic rings. The molecule has 3 N–H and O–H groups in total. The predicted octanol–water partition coefficient (Wildman–Crippen LogP) is 2.94. The molecule has 4 rings (SSSR count). The molecule has 7 nitrogen and oxygen atoms in total. The van der Waals surface area contributed by atoms with Crippen molar-refractivity contribution < 1.29 is 9.53 Å². The van der Waals surface area contributed by atoms with Gasteiger partial charge in [-0.3, -0.25) is 4.79 Å². The number of nitrogens with zero attached hydrogens (tertiary/aromatic N) is 3. The van der Waals surface area contributed by atoms with Crippen molar-refractivity contribution in [2.75, 3.05) is 11.9 Å². The SMILES string of the molecule is NC(=O)COc1ccccc1C1CC(c2ccc(Cl)cc2)Nc2ncnn21. The zero-order valence-corrected chi connectivity index (χ0v) is 15.1. The molecule has 2 atom stereocenters. The third kappa shape index (κ3) is 3.59. The number of amides is 1. The second-order valence-electron chi connectivity index (χ2n) is 6.32. The van der Waals surface area contributed by atoms with Crippen LogP contribution in [-0.4, -0.2) is 27.3 Å². The predicted molar refractivity (Wildman–Crippen MR) is 102 cm³/mol. The van der Waals surface area contributed by atoms with Crippen molar-refractivity contribution in [1.82, 2.24) is 14.8 Å². The molecule has 1 aromatic heterocycles. The van der Waals surface area contributed by atoms with E-state index in [1.165, 1.54) is 6.33 Å². The fraction of sp³-hybridized carbons (Fsp3) is 0.211. The summed E-state index contributed by atoms with van der Waals surface area (Å²) in [5, 5.41) is 8.48. The molecular weight excluding hydrogens is 366 g/mol. The molecule has 1 aliphatic rings. The minimum atomic E-state index is -0.518. The normalized spacial score (nSPS) is 18.4. The van der Waals surface area contributed by atoms with Gasteiger partial charge in [-0.1, -0.05) is 41.9 Å². The zero-order chi connectivity index (χ0) is 18.8. The van der Waals surface area contributed by atoms with Gasteiger partial charge in [0, 0.05) is 10.6 Å². The highest BCUT2D eigenvalue weighted by molar-refractivity contribution is 6.30. The summed E-state index contributed by atoms with van der Waals surface area (Å²) in [5.74, 6) is 0.769. The first kappa shape index (κ1) is 17.4. The number of anilines is 1. The van der Waals surface area contributed by atoms with Gasteiger partial charge in [0.15, 0.2) is 6.61 Å². The van der Waals surface area contributed by atoms with E-state index >= 15 is 0 Å². The Bertz CT molecular complexity index is 957. The molecular formula is C19H18ClN5O2. The molecule has 8 heteroatoms. The van der Waals surface area contributed by atoms with Gasteiger partial charge in [0.05, 0.1) is 12.1 Å². The molecule has 2 aromatic carbocycles. The summed E-state index contributed by atoms with van der Waals surface area (Å²) in [5.41, 5.74) is 7.25. The lowest BCUT2D eigenvalue weighted by atomic mass is 9.93. The van der Waals surface area contributed by atoms with Crippen molar-refractivity contribution in [2.45, 2.75) is 18.5 Å². The first-order valence-electron chi connectivity index (χ1n) is 8.53. The number of carbonyl (C=O) groups is 1. The van der Waals surface area contributed by atoms with Gasteiger partial charge in [0.1, 0.15) is 12.1 Å². The van der Waals surface area contributed by atoms with Crippen LogP contribution in [0.15, 0.2) is 54.9 Å². The number of benzene rings is 2. The summed E-state index contributed by atoms with van der Waals surface area (Å²) < 4.78 is 7.46. The number of nitrogens with one attached hydrogen (secondary N) is 1. The van der Waals surface area contributed by atoms with E-state index in [4.69, 9.17) is 22.1 Å². The summed E-state index contributed by atoms with van der Waals surface area (Å²) in [6.07, 6.45) is 2.25. The molecule has 0 radical (unpaired) electrons. The van der Waals surface area contributed by atoms with E-state index in [1.807, 2.05) is 53.2 Å². The van der Waals surface area contributed by atoms with Crippen LogP contribution in [-0.2, 0) is 4.79 Å². The van der Waals surface area contributed by atoms with Crippen LogP contribution in [0.25, 0.3) is 0 Å². The van der Waals surface area contributed by atoms with Gasteiger partial charge in [-0.15, -0.1) is 0 Å². The maximum atomic E-state index is 11.1. The minimum Gasteiger partial charge on any atom is -0.483 e. The highest BCUT2D eigenvalue weighted by Crippen LogP contribution is 2.40. The summed E-state index contributed by atoms with van der Waals surface area (Å²) in [6.45, 7) is -0.174. The number of para-hydroxylation sites is 1. The fourth-order valence-corrected chi connectivity index (χ4v) is 3.45. The van der Waals surface area contributed by atoms with Crippen LogP contribution in [0.3, 0.4) is 0 Å². The molecule has 0 spiro atoms. The topological polar surface area (TPSA) is 95.1 Å². The first-order valence-corrected chi connectivity index (χ1v) is 8.91. The standard InChI is InChI=1S/C19H18ClN5O2/c20-13-7-5-12(6-8-13)15-9-16(25-19(24-15)22-11-23-25)14-3-1-2-4-17(14)27-10-18(21)26/h1-8,11,15-16H,9-10H2,(H2,21,26)(H,22,23,24). The van der Waals surface area contributed by atoms with Gasteiger partial charge >= 0.3 is 0 Å². The third-order valence-electron chi connectivity index (χ3n) is 4.55. The number of carbonyl (C=O) groups excluding carboxylic acids is 1. The fourth-order valence-electron chi connectivity index (χ4n) is 3.33. The lowest BCUT2D eigenvalue weighted by molar-refractivity contribution is -0.119. The molecule has 27 heavy (non-hydrogen) atoms. The Morgan fingerprint density at radius 1 is 1.26 bits per heavy atom. The average Bonchev–Trinajstić information content (AvgIpc) is 3.15. The molecule has 0 saturated heterocycles. The van der Waals surface area contributed by atoms with Crippen LogP contribution < -0.4 is 15.8 Å². The first-order chi connectivity index (χ1) is 13.1. The van der Waals surface area contributed by atoms with E-state index in [-0.39, 0.29) is 18.7 Å². The van der Waals surface area contributed by atoms with E-state index < -0.39 is 5.91 Å². The molecule has 1 aliphatic heterocycles. The van der Waals surface area contributed by atoms with Crippen LogP contribution >= 0.6 is 11.6 Å². The Hall–Kier alpha value is -3.06. The Morgan fingerprint density at radius 3 is 2.81 bits per heavy atom. The molecule has 2 heterocycles. The molecule has 1 amide bonds. The van der Waals surface area contributed by atoms with Crippen LogP contribution in [0.5, 0.6) is 5.75 Å². The number of primary amides is 1. The molecule has 0 saturated carbocycles. The summed E-state index contributed by atoms with van der Waals surface area (Å²) in [6, 6.07) is 15.3. The van der Waals surface area contributed by atoms with Gasteiger partial charge in [-0.2, -0.15) is 10.1 Å². The minimum absolute atomic E-state index is 0.0353. The van der Waals surface area contributed by atoms with Crippen LogP contribution in [0.1, 0.15) is 29.6 Å². The second-order valence-corrected chi connectivity index (χ2v) is 6.76. The lowest BCUT2D eigenvalue weighted by Crippen LogP contribution is -2.28. The highest BCUT2D eigenvalue weighted by atomic mass is 35.5. The lowest BCUT2D eigenvalue weighted by Gasteiger charge is -2.32. The second kappa shape index (κ2) is 7.28.